The van der Waals surface area contributed by atoms with Crippen molar-refractivity contribution in [2.45, 2.75) is 10.8 Å². The zero-order valence-corrected chi connectivity index (χ0v) is 42.9. The Kier molecular flexibility index (Phi) is 10.7. The standard InChI is InChI=1S/C76H52N2/c1-7-26-55(27-8-1)75(56-28-9-2-10-29-56)69-41-23-21-39-65(69)67-50-61(45-47-71(67)75)77(59-34-15-5-16-35-59)63-49-54-44-43-53-25-19-20-38-64(53)74(54)73(52-63)78(60-36-17-6-18-37-60)62-46-48-72-68(51-62)66-40-22-24-42-70(66)76(72,57-30-11-3-12-31-57)58-32-13-4-14-33-58/h1-52H. The van der Waals surface area contributed by atoms with Gasteiger partial charge in [0.1, 0.15) is 0 Å². The summed E-state index contributed by atoms with van der Waals surface area (Å²) < 4.78 is 0. The van der Waals surface area contributed by atoms with E-state index in [4.69, 9.17) is 0 Å². The monoisotopic (exact) mass is 992 g/mol. The first-order chi connectivity index (χ1) is 38.7. The number of benzene rings is 13. The van der Waals surface area contributed by atoms with Crippen molar-refractivity contribution in [2.24, 2.45) is 0 Å². The number of nitrogens with zero attached hydrogens (tertiary/aromatic N) is 2. The van der Waals surface area contributed by atoms with Crippen molar-refractivity contribution in [3.63, 3.8) is 0 Å². The number of rotatable bonds is 10. The van der Waals surface area contributed by atoms with Gasteiger partial charge in [0.05, 0.1) is 16.5 Å². The van der Waals surface area contributed by atoms with Gasteiger partial charge in [0, 0.05) is 33.8 Å². The lowest BCUT2D eigenvalue weighted by Gasteiger charge is -2.34. The molecular formula is C76H52N2. The van der Waals surface area contributed by atoms with Gasteiger partial charge in [-0.25, -0.2) is 0 Å². The van der Waals surface area contributed by atoms with E-state index >= 15 is 0 Å². The van der Waals surface area contributed by atoms with Gasteiger partial charge in [-0.1, -0.05) is 255 Å². The minimum atomic E-state index is -0.512. The van der Waals surface area contributed by atoms with Gasteiger partial charge >= 0.3 is 0 Å². The summed E-state index contributed by atoms with van der Waals surface area (Å²) in [6.45, 7) is 0. The summed E-state index contributed by atoms with van der Waals surface area (Å²) >= 11 is 0. The highest BCUT2D eigenvalue weighted by Crippen LogP contribution is 2.59. The summed E-state index contributed by atoms with van der Waals surface area (Å²) in [6, 6.07) is 117. The quantitative estimate of drug-likeness (QED) is 0.126. The molecule has 2 heteroatoms. The molecule has 0 N–H and O–H groups in total. The lowest BCUT2D eigenvalue weighted by Crippen LogP contribution is -2.28. The van der Waals surface area contributed by atoms with Crippen LogP contribution >= 0.6 is 0 Å². The number of anilines is 6. The molecule has 13 aromatic rings. The van der Waals surface area contributed by atoms with Gasteiger partial charge in [-0.05, 0) is 144 Å². The van der Waals surface area contributed by atoms with Crippen molar-refractivity contribution in [1.82, 2.24) is 0 Å². The second kappa shape index (κ2) is 18.4. The fourth-order valence-corrected chi connectivity index (χ4v) is 13.6. The van der Waals surface area contributed by atoms with Crippen LogP contribution in [0.1, 0.15) is 44.5 Å². The van der Waals surface area contributed by atoms with Crippen LogP contribution in [0.3, 0.4) is 0 Å². The molecule has 13 aromatic carbocycles. The molecule has 15 rings (SSSR count). The Balaban J connectivity index is 0.984. The van der Waals surface area contributed by atoms with E-state index in [0.29, 0.717) is 0 Å². The normalized spacial score (nSPS) is 13.3. The first kappa shape index (κ1) is 45.4. The van der Waals surface area contributed by atoms with Gasteiger partial charge in [-0.3, -0.25) is 0 Å². The topological polar surface area (TPSA) is 6.48 Å². The molecule has 0 atom stereocenters. The van der Waals surface area contributed by atoms with Crippen molar-refractivity contribution in [1.29, 1.82) is 0 Å². The zero-order chi connectivity index (χ0) is 51.6. The summed E-state index contributed by atoms with van der Waals surface area (Å²) in [5.74, 6) is 0. The fraction of sp³-hybridized carbons (Fsp3) is 0.0263. The van der Waals surface area contributed by atoms with E-state index in [1.54, 1.807) is 0 Å². The van der Waals surface area contributed by atoms with Crippen LogP contribution in [0.4, 0.5) is 34.1 Å². The molecule has 0 aliphatic heterocycles. The number of hydrogen-bond acceptors (Lipinski definition) is 2. The lowest BCUT2D eigenvalue weighted by molar-refractivity contribution is 0.768. The largest absolute Gasteiger partial charge is 0.310 e. The summed E-state index contributed by atoms with van der Waals surface area (Å²) in [7, 11) is 0. The number of para-hydroxylation sites is 2. The Morgan fingerprint density at radius 1 is 0.218 bits per heavy atom. The average Bonchev–Trinajstić information content (AvgIpc) is 4.04. The molecule has 0 bridgehead atoms. The van der Waals surface area contributed by atoms with Crippen LogP contribution < -0.4 is 9.80 Å². The van der Waals surface area contributed by atoms with E-state index in [1.165, 1.54) is 82.9 Å². The second-order valence-electron chi connectivity index (χ2n) is 20.7. The van der Waals surface area contributed by atoms with Crippen LogP contribution in [0.5, 0.6) is 0 Å². The van der Waals surface area contributed by atoms with Crippen LogP contribution in [-0.2, 0) is 10.8 Å². The minimum absolute atomic E-state index is 0.504. The Bertz CT molecular complexity index is 4290. The van der Waals surface area contributed by atoms with Crippen LogP contribution in [0, 0.1) is 0 Å². The molecule has 0 unspecified atom stereocenters. The number of fused-ring (bicyclic) bond motifs is 9. The first-order valence-corrected chi connectivity index (χ1v) is 27.1. The van der Waals surface area contributed by atoms with E-state index in [0.717, 1.165) is 39.5 Å². The third kappa shape index (κ3) is 6.83. The summed E-state index contributed by atoms with van der Waals surface area (Å²) in [5, 5.41) is 4.74. The lowest BCUT2D eigenvalue weighted by atomic mass is 9.68. The Labute approximate surface area is 456 Å². The molecule has 0 heterocycles. The molecule has 366 valence electrons. The molecule has 0 saturated heterocycles. The second-order valence-corrected chi connectivity index (χ2v) is 20.7. The maximum Gasteiger partial charge on any atom is 0.0713 e. The molecule has 0 radical (unpaired) electrons. The first-order valence-electron chi connectivity index (χ1n) is 27.1. The third-order valence-electron chi connectivity index (χ3n) is 16.7. The molecule has 0 aromatic heterocycles. The van der Waals surface area contributed by atoms with Gasteiger partial charge in [-0.2, -0.15) is 0 Å². The molecule has 78 heavy (non-hydrogen) atoms. The van der Waals surface area contributed by atoms with Crippen LogP contribution in [-0.4, -0.2) is 0 Å². The highest BCUT2D eigenvalue weighted by molar-refractivity contribution is 6.17. The molecule has 0 fully saturated rings. The molecule has 2 aliphatic carbocycles. The molecule has 0 amide bonds. The Morgan fingerprint density at radius 3 is 1.08 bits per heavy atom. The summed E-state index contributed by atoms with van der Waals surface area (Å²) in [6.07, 6.45) is 0. The smallest absolute Gasteiger partial charge is 0.0713 e. The Morgan fingerprint density at radius 2 is 0.590 bits per heavy atom. The van der Waals surface area contributed by atoms with Crippen molar-refractivity contribution in [3.05, 3.63) is 360 Å². The predicted octanol–water partition coefficient (Wildman–Crippen LogP) is 19.7. The highest BCUT2D eigenvalue weighted by Gasteiger charge is 2.48. The van der Waals surface area contributed by atoms with Crippen LogP contribution in [0.2, 0.25) is 0 Å². The van der Waals surface area contributed by atoms with E-state index in [2.05, 4.69) is 325 Å². The molecule has 0 saturated carbocycles. The molecule has 2 aliphatic rings. The maximum atomic E-state index is 2.50. The van der Waals surface area contributed by atoms with Crippen LogP contribution in [0.25, 0.3) is 43.8 Å². The molecular weight excluding hydrogens is 941 g/mol. The maximum absolute atomic E-state index is 2.50. The Hall–Kier alpha value is -10.0. The van der Waals surface area contributed by atoms with Crippen molar-refractivity contribution in [3.8, 4) is 22.3 Å². The van der Waals surface area contributed by atoms with E-state index < -0.39 is 10.8 Å². The van der Waals surface area contributed by atoms with Gasteiger partial charge in [-0.15, -0.1) is 0 Å². The summed E-state index contributed by atoms with van der Waals surface area (Å²) in [4.78, 5) is 4.96. The van der Waals surface area contributed by atoms with Gasteiger partial charge in [0.15, 0.2) is 0 Å². The third-order valence-corrected chi connectivity index (χ3v) is 16.7. The van der Waals surface area contributed by atoms with Crippen molar-refractivity contribution in [2.75, 3.05) is 9.80 Å². The van der Waals surface area contributed by atoms with Gasteiger partial charge in [0.25, 0.3) is 0 Å². The molecule has 0 spiro atoms. The minimum Gasteiger partial charge on any atom is -0.310 e. The van der Waals surface area contributed by atoms with E-state index in [9.17, 15) is 0 Å². The van der Waals surface area contributed by atoms with Crippen LogP contribution in [0.15, 0.2) is 315 Å². The fourth-order valence-electron chi connectivity index (χ4n) is 13.6. The molecule has 2 nitrogen and oxygen atoms in total. The predicted molar refractivity (Wildman–Crippen MR) is 325 cm³/mol. The number of hydrogen-bond donors (Lipinski definition) is 0. The van der Waals surface area contributed by atoms with E-state index in [1.807, 2.05) is 0 Å². The average molecular weight is 993 g/mol. The highest BCUT2D eigenvalue weighted by atomic mass is 15.2. The van der Waals surface area contributed by atoms with E-state index in [-0.39, 0.29) is 0 Å². The zero-order valence-electron chi connectivity index (χ0n) is 42.9. The van der Waals surface area contributed by atoms with Crippen molar-refractivity contribution >= 4 is 55.7 Å². The SMILES string of the molecule is c1ccc(N(c2ccc3c(c2)-c2ccccc2C3(c2ccccc2)c2ccccc2)c2cc(N(c3ccccc3)c3ccc4c(c3)-c3ccccc3C4(c3ccccc3)c3ccccc3)c3c(ccc4ccccc43)c2)cc1. The van der Waals surface area contributed by atoms with Gasteiger partial charge < -0.3 is 9.80 Å². The van der Waals surface area contributed by atoms with Crippen molar-refractivity contribution < 1.29 is 0 Å². The summed E-state index contributed by atoms with van der Waals surface area (Å²) in [5.41, 5.74) is 20.5. The van der Waals surface area contributed by atoms with Gasteiger partial charge in [0.2, 0.25) is 0 Å².